The summed E-state index contributed by atoms with van der Waals surface area (Å²) in [4.78, 5) is 26.7. The predicted octanol–water partition coefficient (Wildman–Crippen LogP) is 5.53. The molecule has 0 aromatic heterocycles. The van der Waals surface area contributed by atoms with Crippen LogP contribution < -0.4 is 19.7 Å². The van der Waals surface area contributed by atoms with Gasteiger partial charge in [-0.3, -0.25) is 4.79 Å². The highest BCUT2D eigenvalue weighted by molar-refractivity contribution is 7.91. The number of rotatable bonds is 12. The summed E-state index contributed by atoms with van der Waals surface area (Å²) >= 11 is 0. The van der Waals surface area contributed by atoms with E-state index in [9.17, 15) is 23.1 Å². The number of methoxy groups -OCH3 is 1. The number of carbonyl (C=O) groups excluding carboxylic acids is 1. The smallest absolute Gasteiger partial charge is 0.330 e. The maximum atomic E-state index is 14.0. The van der Waals surface area contributed by atoms with Gasteiger partial charge in [0, 0.05) is 29.8 Å². The molecule has 0 radical (unpaired) electrons. The first-order valence-corrected chi connectivity index (χ1v) is 15.8. The maximum Gasteiger partial charge on any atom is 0.330 e. The van der Waals surface area contributed by atoms with Gasteiger partial charge in [-0.1, -0.05) is 75.2 Å². The number of hydrogen-bond donors (Lipinski definition) is 2. The molecule has 0 bridgehead atoms. The van der Waals surface area contributed by atoms with E-state index >= 15 is 0 Å². The maximum absolute atomic E-state index is 14.0. The van der Waals surface area contributed by atoms with E-state index < -0.39 is 39.8 Å². The topological polar surface area (TPSA) is 122 Å². The molecule has 224 valence electrons. The molecular weight excluding hydrogens is 556 g/mol. The van der Waals surface area contributed by atoms with Crippen LogP contribution in [0.25, 0.3) is 0 Å². The van der Waals surface area contributed by atoms with Gasteiger partial charge in [0.1, 0.15) is 0 Å². The minimum absolute atomic E-state index is 0.0174. The number of unbranched alkanes of at least 4 members (excludes halogenated alkanes) is 1. The quantitative estimate of drug-likeness (QED) is 0.281. The molecule has 3 aromatic carbocycles. The molecule has 2 N–H and O–H groups in total. The minimum Gasteiger partial charge on any atom is -0.493 e. The molecule has 10 heteroatoms. The summed E-state index contributed by atoms with van der Waals surface area (Å²) in [6.07, 6.45) is 3.33. The fraction of sp³-hybridized carbons (Fsp3) is 0.375. The molecule has 2 atom stereocenters. The number of amides is 1. The molecule has 1 amide bonds. The van der Waals surface area contributed by atoms with Crippen LogP contribution in [0.5, 0.6) is 11.5 Å². The van der Waals surface area contributed by atoms with Gasteiger partial charge >= 0.3 is 5.97 Å². The van der Waals surface area contributed by atoms with Gasteiger partial charge in [-0.25, -0.2) is 13.2 Å². The van der Waals surface area contributed by atoms with Gasteiger partial charge in [-0.05, 0) is 30.5 Å². The number of sulfone groups is 1. The summed E-state index contributed by atoms with van der Waals surface area (Å²) in [5, 5.41) is 12.1. The SMILES string of the molecule is CCCCC1(CC)CN(c2ccccc2)c2cc(OC)c(OCC(=O)N[C@@H](C(=O)O)c3ccccc3)cc2S(=O)(=O)C1. The summed E-state index contributed by atoms with van der Waals surface area (Å²) in [5.41, 5.74) is 1.29. The second kappa shape index (κ2) is 13.3. The lowest BCUT2D eigenvalue weighted by atomic mass is 9.81. The summed E-state index contributed by atoms with van der Waals surface area (Å²) in [6.45, 7) is 4.12. The Labute approximate surface area is 247 Å². The number of carboxylic acid groups (broad SMARTS) is 1. The zero-order valence-electron chi connectivity index (χ0n) is 24.2. The number of para-hydroxylation sites is 1. The van der Waals surface area contributed by atoms with Crippen LogP contribution in [-0.4, -0.2) is 51.4 Å². The van der Waals surface area contributed by atoms with Crippen LogP contribution in [0.2, 0.25) is 0 Å². The second-order valence-electron chi connectivity index (χ2n) is 10.6. The van der Waals surface area contributed by atoms with Gasteiger partial charge in [0.05, 0.1) is 23.4 Å². The second-order valence-corrected chi connectivity index (χ2v) is 12.6. The zero-order chi connectivity index (χ0) is 30.3. The number of aliphatic carboxylic acids is 1. The fourth-order valence-electron chi connectivity index (χ4n) is 5.42. The molecule has 1 aliphatic rings. The van der Waals surface area contributed by atoms with Gasteiger partial charge in [-0.15, -0.1) is 0 Å². The standard InChI is InChI=1S/C32H38N2O7S/c1-4-6-17-32(5-2)21-34(24-15-11-8-12-16-24)25-18-26(40-3)27(19-28(25)42(38,39)22-32)41-20-29(35)33-30(31(36)37)23-13-9-7-10-14-23/h7-16,18-19,30H,4-6,17,20-22H2,1-3H3,(H,33,35)(H,36,37)/t30-,32?/m1/s1. The fourth-order valence-corrected chi connectivity index (χ4v) is 7.60. The summed E-state index contributed by atoms with van der Waals surface area (Å²) in [6, 6.07) is 19.8. The molecule has 0 saturated heterocycles. The third kappa shape index (κ3) is 6.87. The van der Waals surface area contributed by atoms with E-state index in [4.69, 9.17) is 9.47 Å². The molecule has 1 unspecified atom stereocenters. The first kappa shape index (κ1) is 30.9. The Balaban J connectivity index is 1.70. The van der Waals surface area contributed by atoms with Gasteiger partial charge < -0.3 is 24.8 Å². The Morgan fingerprint density at radius 1 is 1.02 bits per heavy atom. The van der Waals surface area contributed by atoms with Crippen LogP contribution in [0.4, 0.5) is 11.4 Å². The molecular formula is C32H38N2O7S. The van der Waals surface area contributed by atoms with Crippen LogP contribution >= 0.6 is 0 Å². The number of carboxylic acids is 1. The average molecular weight is 595 g/mol. The minimum atomic E-state index is -3.78. The monoisotopic (exact) mass is 594 g/mol. The van der Waals surface area contributed by atoms with E-state index in [1.54, 1.807) is 36.4 Å². The van der Waals surface area contributed by atoms with Crippen LogP contribution in [0, 0.1) is 5.41 Å². The highest BCUT2D eigenvalue weighted by atomic mass is 32.2. The first-order chi connectivity index (χ1) is 20.1. The Kier molecular flexibility index (Phi) is 9.78. The highest BCUT2D eigenvalue weighted by Gasteiger charge is 2.42. The summed E-state index contributed by atoms with van der Waals surface area (Å²) in [5.74, 6) is -1.58. The number of carbonyl (C=O) groups is 2. The van der Waals surface area contributed by atoms with Crippen molar-refractivity contribution in [3.63, 3.8) is 0 Å². The van der Waals surface area contributed by atoms with E-state index in [1.807, 2.05) is 42.2 Å². The van der Waals surface area contributed by atoms with Crippen LogP contribution in [0.1, 0.15) is 51.1 Å². The Bertz CT molecular complexity index is 1500. The third-order valence-corrected chi connectivity index (χ3v) is 9.77. The third-order valence-electron chi connectivity index (χ3n) is 7.78. The molecule has 0 aliphatic carbocycles. The Hall–Kier alpha value is -4.05. The molecule has 9 nitrogen and oxygen atoms in total. The first-order valence-electron chi connectivity index (χ1n) is 14.1. The summed E-state index contributed by atoms with van der Waals surface area (Å²) in [7, 11) is -2.33. The number of benzene rings is 3. The van der Waals surface area contributed by atoms with Crippen molar-refractivity contribution in [1.29, 1.82) is 0 Å². The van der Waals surface area contributed by atoms with E-state index in [2.05, 4.69) is 12.2 Å². The van der Waals surface area contributed by atoms with Gasteiger partial charge in [0.15, 0.2) is 34.0 Å². The number of nitrogens with one attached hydrogen (secondary N) is 1. The zero-order valence-corrected chi connectivity index (χ0v) is 25.0. The molecule has 1 aliphatic heterocycles. The Morgan fingerprint density at radius 2 is 1.69 bits per heavy atom. The van der Waals surface area contributed by atoms with Crippen molar-refractivity contribution in [3.05, 3.63) is 78.4 Å². The lowest BCUT2D eigenvalue weighted by Crippen LogP contribution is -2.37. The summed E-state index contributed by atoms with van der Waals surface area (Å²) < 4.78 is 39.4. The van der Waals surface area contributed by atoms with Crippen LogP contribution in [0.3, 0.4) is 0 Å². The normalized spacial score (nSPS) is 18.3. The van der Waals surface area contributed by atoms with E-state index in [-0.39, 0.29) is 22.1 Å². The highest BCUT2D eigenvalue weighted by Crippen LogP contribution is 2.47. The molecule has 4 rings (SSSR count). The van der Waals surface area contributed by atoms with Crippen molar-refractivity contribution in [1.82, 2.24) is 5.32 Å². The van der Waals surface area contributed by atoms with Gasteiger partial charge in [0.25, 0.3) is 5.91 Å². The molecule has 0 saturated carbocycles. The molecule has 1 heterocycles. The van der Waals surface area contributed by atoms with E-state index in [0.29, 0.717) is 24.2 Å². The number of anilines is 2. The van der Waals surface area contributed by atoms with Crippen molar-refractivity contribution >= 4 is 33.1 Å². The largest absolute Gasteiger partial charge is 0.493 e. The molecule has 3 aromatic rings. The number of fused-ring (bicyclic) bond motifs is 1. The molecule has 0 spiro atoms. The lowest BCUT2D eigenvalue weighted by molar-refractivity contribution is -0.142. The number of hydrogen-bond acceptors (Lipinski definition) is 7. The van der Waals surface area contributed by atoms with Crippen molar-refractivity contribution in [2.24, 2.45) is 5.41 Å². The van der Waals surface area contributed by atoms with Crippen molar-refractivity contribution in [3.8, 4) is 11.5 Å². The number of nitrogens with zero attached hydrogens (tertiary/aromatic N) is 1. The van der Waals surface area contributed by atoms with Gasteiger partial charge in [0.2, 0.25) is 0 Å². The predicted molar refractivity (Wildman–Crippen MR) is 161 cm³/mol. The lowest BCUT2D eigenvalue weighted by Gasteiger charge is -2.36. The van der Waals surface area contributed by atoms with Crippen LogP contribution in [0.15, 0.2) is 77.7 Å². The van der Waals surface area contributed by atoms with Crippen molar-refractivity contribution in [2.75, 3.05) is 30.9 Å². The van der Waals surface area contributed by atoms with E-state index in [0.717, 1.165) is 24.9 Å². The average Bonchev–Trinajstić information content (AvgIpc) is 3.09. The Morgan fingerprint density at radius 3 is 2.29 bits per heavy atom. The molecule has 0 fully saturated rings. The van der Waals surface area contributed by atoms with Gasteiger partial charge in [-0.2, -0.15) is 0 Å². The van der Waals surface area contributed by atoms with Crippen molar-refractivity contribution < 1.29 is 32.6 Å². The van der Waals surface area contributed by atoms with E-state index in [1.165, 1.54) is 13.2 Å². The number of ether oxygens (including phenoxy) is 2. The van der Waals surface area contributed by atoms with Crippen LogP contribution in [-0.2, 0) is 19.4 Å². The molecule has 42 heavy (non-hydrogen) atoms. The van der Waals surface area contributed by atoms with Crippen molar-refractivity contribution in [2.45, 2.75) is 50.5 Å².